The number of ether oxygens (including phenoxy) is 2. The molecule has 0 aliphatic carbocycles. The van der Waals surface area contributed by atoms with Crippen molar-refractivity contribution in [3.8, 4) is 11.5 Å². The van der Waals surface area contributed by atoms with Crippen molar-refractivity contribution in [2.75, 3.05) is 13.2 Å². The van der Waals surface area contributed by atoms with Crippen LogP contribution in [0.15, 0.2) is 53.0 Å². The van der Waals surface area contributed by atoms with Crippen molar-refractivity contribution in [1.29, 1.82) is 0 Å². The van der Waals surface area contributed by atoms with Gasteiger partial charge in [0.2, 0.25) is 0 Å². The molecule has 2 aromatic carbocycles. The van der Waals surface area contributed by atoms with Crippen LogP contribution in [0, 0.1) is 0 Å². The summed E-state index contributed by atoms with van der Waals surface area (Å²) in [5.41, 5.74) is 5.06. The number of para-hydroxylation sites is 1. The Morgan fingerprint density at radius 3 is 2.46 bits per heavy atom. The number of amides is 2. The molecule has 0 radical (unpaired) electrons. The quantitative estimate of drug-likeness (QED) is 0.506. The normalized spacial score (nSPS) is 10.1. The van der Waals surface area contributed by atoms with Crippen molar-refractivity contribution < 1.29 is 19.1 Å². The zero-order valence-electron chi connectivity index (χ0n) is 14.5. The Kier molecular flexibility index (Phi) is 7.95. The molecular weight excluding hydrogens is 400 g/mol. The predicted octanol–water partition coefficient (Wildman–Crippen LogP) is 3.47. The van der Waals surface area contributed by atoms with Gasteiger partial charge in [-0.05, 0) is 42.8 Å². The first-order valence-electron chi connectivity index (χ1n) is 8.29. The molecule has 2 rings (SSSR count). The second kappa shape index (κ2) is 10.5. The van der Waals surface area contributed by atoms with Gasteiger partial charge in [0, 0.05) is 4.47 Å². The minimum Gasteiger partial charge on any atom is -0.493 e. The van der Waals surface area contributed by atoms with E-state index in [1.54, 1.807) is 36.4 Å². The van der Waals surface area contributed by atoms with E-state index in [0.29, 0.717) is 23.7 Å². The second-order valence-electron chi connectivity index (χ2n) is 5.44. The highest BCUT2D eigenvalue weighted by atomic mass is 79.9. The molecule has 0 aromatic heterocycles. The first kappa shape index (κ1) is 19.8. The van der Waals surface area contributed by atoms with Crippen molar-refractivity contribution in [1.82, 2.24) is 10.9 Å². The molecular formula is C19H21BrN2O4. The summed E-state index contributed by atoms with van der Waals surface area (Å²) >= 11 is 3.32. The highest BCUT2D eigenvalue weighted by molar-refractivity contribution is 9.10. The molecule has 2 aromatic rings. The van der Waals surface area contributed by atoms with Crippen LogP contribution in [0.1, 0.15) is 30.1 Å². The van der Waals surface area contributed by atoms with Gasteiger partial charge in [-0.1, -0.05) is 41.4 Å². The van der Waals surface area contributed by atoms with Crippen LogP contribution in [0.5, 0.6) is 11.5 Å². The van der Waals surface area contributed by atoms with Crippen molar-refractivity contribution in [3.63, 3.8) is 0 Å². The first-order chi connectivity index (χ1) is 12.6. The second-order valence-corrected chi connectivity index (χ2v) is 6.36. The van der Waals surface area contributed by atoms with E-state index in [2.05, 4.69) is 33.7 Å². The van der Waals surface area contributed by atoms with Gasteiger partial charge >= 0.3 is 0 Å². The Morgan fingerprint density at radius 2 is 1.73 bits per heavy atom. The number of carbonyl (C=O) groups is 2. The number of hydrogen-bond acceptors (Lipinski definition) is 4. The first-order valence-corrected chi connectivity index (χ1v) is 9.09. The van der Waals surface area contributed by atoms with Gasteiger partial charge < -0.3 is 9.47 Å². The number of carbonyl (C=O) groups excluding carboxylic acids is 2. The van der Waals surface area contributed by atoms with E-state index in [0.717, 1.165) is 17.3 Å². The Bertz CT molecular complexity index is 735. The molecule has 0 aliphatic heterocycles. The van der Waals surface area contributed by atoms with E-state index >= 15 is 0 Å². The number of hydrazine groups is 1. The van der Waals surface area contributed by atoms with Crippen LogP contribution in [0.2, 0.25) is 0 Å². The molecule has 0 heterocycles. The third-order valence-corrected chi connectivity index (χ3v) is 3.91. The molecule has 0 saturated heterocycles. The molecule has 0 atom stereocenters. The van der Waals surface area contributed by atoms with Crippen molar-refractivity contribution >= 4 is 27.7 Å². The summed E-state index contributed by atoms with van der Waals surface area (Å²) in [5.74, 6) is 0.128. The zero-order valence-corrected chi connectivity index (χ0v) is 16.0. The zero-order chi connectivity index (χ0) is 18.8. The van der Waals surface area contributed by atoms with Crippen LogP contribution < -0.4 is 20.3 Å². The summed E-state index contributed by atoms with van der Waals surface area (Å²) in [6.45, 7) is 2.39. The maximum atomic E-state index is 12.3. The maximum absolute atomic E-state index is 12.3. The van der Waals surface area contributed by atoms with E-state index in [1.807, 2.05) is 12.1 Å². The summed E-state index contributed by atoms with van der Waals surface area (Å²) in [6.07, 6.45) is 1.91. The average Bonchev–Trinajstić information content (AvgIpc) is 2.66. The third-order valence-electron chi connectivity index (χ3n) is 3.39. The lowest BCUT2D eigenvalue weighted by molar-refractivity contribution is -0.123. The van der Waals surface area contributed by atoms with E-state index in [-0.39, 0.29) is 6.61 Å². The molecule has 0 fully saturated rings. The highest BCUT2D eigenvalue weighted by Crippen LogP contribution is 2.18. The minimum absolute atomic E-state index is 0.212. The van der Waals surface area contributed by atoms with Crippen LogP contribution in [-0.4, -0.2) is 25.0 Å². The van der Waals surface area contributed by atoms with Crippen LogP contribution >= 0.6 is 15.9 Å². The van der Waals surface area contributed by atoms with Crippen LogP contribution in [0.3, 0.4) is 0 Å². The number of rotatable bonds is 8. The van der Waals surface area contributed by atoms with Gasteiger partial charge in [-0.3, -0.25) is 20.4 Å². The monoisotopic (exact) mass is 420 g/mol. The van der Waals surface area contributed by atoms with Crippen molar-refractivity contribution in [2.45, 2.75) is 19.8 Å². The Morgan fingerprint density at radius 1 is 1.00 bits per heavy atom. The summed E-state index contributed by atoms with van der Waals surface area (Å²) < 4.78 is 11.9. The van der Waals surface area contributed by atoms with Crippen molar-refractivity contribution in [2.24, 2.45) is 0 Å². The van der Waals surface area contributed by atoms with E-state index in [4.69, 9.17) is 9.47 Å². The number of hydrogen-bond donors (Lipinski definition) is 2. The lowest BCUT2D eigenvalue weighted by Gasteiger charge is -2.12. The van der Waals surface area contributed by atoms with Gasteiger partial charge in [0.15, 0.2) is 6.61 Å². The van der Waals surface area contributed by atoms with Crippen LogP contribution in [-0.2, 0) is 4.79 Å². The Balaban J connectivity index is 1.82. The fraction of sp³-hybridized carbons (Fsp3) is 0.263. The largest absolute Gasteiger partial charge is 0.493 e. The highest BCUT2D eigenvalue weighted by Gasteiger charge is 2.13. The molecule has 6 nitrogen and oxygen atoms in total. The summed E-state index contributed by atoms with van der Waals surface area (Å²) in [6, 6.07) is 14.0. The Labute approximate surface area is 161 Å². The van der Waals surface area contributed by atoms with Gasteiger partial charge in [0.1, 0.15) is 11.5 Å². The SMILES string of the molecule is CCCCOc1ccccc1C(=O)NNC(=O)COc1ccc(Br)cc1. The molecule has 7 heteroatoms. The van der Waals surface area contributed by atoms with Gasteiger partial charge in [-0.2, -0.15) is 0 Å². The minimum atomic E-state index is -0.467. The predicted molar refractivity (Wildman–Crippen MR) is 102 cm³/mol. The smallest absolute Gasteiger partial charge is 0.276 e. The number of halogens is 1. The lowest BCUT2D eigenvalue weighted by Crippen LogP contribution is -2.43. The number of nitrogens with one attached hydrogen (secondary N) is 2. The van der Waals surface area contributed by atoms with Crippen LogP contribution in [0.25, 0.3) is 0 Å². The lowest BCUT2D eigenvalue weighted by atomic mass is 10.2. The molecule has 138 valence electrons. The number of unbranched alkanes of at least 4 members (excludes halogenated alkanes) is 1. The van der Waals surface area contributed by atoms with Gasteiger partial charge in [-0.25, -0.2) is 0 Å². The molecule has 0 aliphatic rings. The van der Waals surface area contributed by atoms with Crippen LogP contribution in [0.4, 0.5) is 0 Å². The summed E-state index contributed by atoms with van der Waals surface area (Å²) in [5, 5.41) is 0. The average molecular weight is 421 g/mol. The van der Waals surface area contributed by atoms with Gasteiger partial charge in [0.25, 0.3) is 11.8 Å². The fourth-order valence-electron chi connectivity index (χ4n) is 2.02. The molecule has 26 heavy (non-hydrogen) atoms. The molecule has 0 unspecified atom stereocenters. The number of benzene rings is 2. The van der Waals surface area contributed by atoms with E-state index in [9.17, 15) is 9.59 Å². The third kappa shape index (κ3) is 6.40. The van der Waals surface area contributed by atoms with Gasteiger partial charge in [-0.15, -0.1) is 0 Å². The molecule has 2 N–H and O–H groups in total. The van der Waals surface area contributed by atoms with Crippen molar-refractivity contribution in [3.05, 3.63) is 58.6 Å². The standard InChI is InChI=1S/C19H21BrN2O4/c1-2-3-12-25-17-7-5-4-6-16(17)19(24)22-21-18(23)13-26-15-10-8-14(20)9-11-15/h4-11H,2-3,12-13H2,1H3,(H,21,23)(H,22,24). The van der Waals surface area contributed by atoms with E-state index < -0.39 is 11.8 Å². The van der Waals surface area contributed by atoms with E-state index in [1.165, 1.54) is 0 Å². The fourth-order valence-corrected chi connectivity index (χ4v) is 2.28. The maximum Gasteiger partial charge on any atom is 0.276 e. The molecule has 2 amide bonds. The molecule has 0 saturated carbocycles. The topological polar surface area (TPSA) is 76.7 Å². The molecule has 0 bridgehead atoms. The molecule has 0 spiro atoms. The van der Waals surface area contributed by atoms with Gasteiger partial charge in [0.05, 0.1) is 12.2 Å². The summed E-state index contributed by atoms with van der Waals surface area (Å²) in [4.78, 5) is 24.1. The summed E-state index contributed by atoms with van der Waals surface area (Å²) in [7, 11) is 0. The Hall–Kier alpha value is -2.54.